The molecule has 0 saturated heterocycles. The first kappa shape index (κ1) is 16.1. The van der Waals surface area contributed by atoms with Gasteiger partial charge in [-0.2, -0.15) is 13.2 Å². The number of nitrogens with zero attached hydrogens (tertiary/aromatic N) is 1. The molecule has 0 spiro atoms. The number of hydrogen-bond donors (Lipinski definition) is 1. The molecule has 1 atom stereocenters. The van der Waals surface area contributed by atoms with E-state index in [2.05, 4.69) is 10.3 Å². The maximum atomic E-state index is 12.7. The lowest BCUT2D eigenvalue weighted by atomic mass is 10.2. The lowest BCUT2D eigenvalue weighted by Gasteiger charge is -2.15. The van der Waals surface area contributed by atoms with Crippen LogP contribution in [-0.4, -0.2) is 11.0 Å². The van der Waals surface area contributed by atoms with Gasteiger partial charge in [0.2, 0.25) is 0 Å². The van der Waals surface area contributed by atoms with Gasteiger partial charge in [-0.25, -0.2) is 4.98 Å². The molecule has 2 nitrogen and oxygen atoms in total. The lowest BCUT2D eigenvalue weighted by Crippen LogP contribution is -2.19. The summed E-state index contributed by atoms with van der Waals surface area (Å²) in [6, 6.07) is 5.79. The third-order valence-electron chi connectivity index (χ3n) is 2.82. The van der Waals surface area contributed by atoms with Crippen LogP contribution in [0.1, 0.15) is 22.2 Å². The second-order valence-electron chi connectivity index (χ2n) is 4.82. The van der Waals surface area contributed by atoms with Gasteiger partial charge < -0.3 is 5.32 Å². The van der Waals surface area contributed by atoms with Gasteiger partial charge in [0.15, 0.2) is 0 Å². The number of nitrogens with one attached hydrogen (secondary N) is 1. The molecule has 2 aromatic heterocycles. The van der Waals surface area contributed by atoms with Crippen molar-refractivity contribution in [2.75, 3.05) is 5.32 Å². The van der Waals surface area contributed by atoms with E-state index in [4.69, 9.17) is 11.6 Å². The van der Waals surface area contributed by atoms with E-state index < -0.39 is 11.7 Å². The molecule has 7 heteroatoms. The monoisotopic (exact) mass is 334 g/mol. The molecular weight excluding hydrogens is 321 g/mol. The fourth-order valence-corrected chi connectivity index (χ4v) is 3.16. The molecule has 0 saturated carbocycles. The van der Waals surface area contributed by atoms with E-state index in [1.165, 1.54) is 9.75 Å². The van der Waals surface area contributed by atoms with E-state index in [0.717, 1.165) is 12.1 Å². The largest absolute Gasteiger partial charge is 0.416 e. The number of anilines is 1. The van der Waals surface area contributed by atoms with Gasteiger partial charge in [-0.1, -0.05) is 11.6 Å². The molecule has 0 aliphatic heterocycles. The maximum absolute atomic E-state index is 12.7. The van der Waals surface area contributed by atoms with Crippen molar-refractivity contribution in [3.05, 3.63) is 44.7 Å². The van der Waals surface area contributed by atoms with E-state index in [1.54, 1.807) is 11.3 Å². The molecule has 0 fully saturated rings. The topological polar surface area (TPSA) is 24.9 Å². The van der Waals surface area contributed by atoms with E-state index >= 15 is 0 Å². The van der Waals surface area contributed by atoms with Crippen LogP contribution in [0.3, 0.4) is 0 Å². The number of thiophene rings is 1. The molecule has 0 aromatic carbocycles. The minimum absolute atomic E-state index is 0.0462. The summed E-state index contributed by atoms with van der Waals surface area (Å²) >= 11 is 7.32. The maximum Gasteiger partial charge on any atom is 0.416 e. The van der Waals surface area contributed by atoms with Gasteiger partial charge in [0, 0.05) is 22.2 Å². The number of halogens is 4. The van der Waals surface area contributed by atoms with Gasteiger partial charge in [-0.05, 0) is 38.1 Å². The molecule has 0 radical (unpaired) electrons. The quantitative estimate of drug-likeness (QED) is 0.780. The van der Waals surface area contributed by atoms with E-state index in [1.807, 2.05) is 26.0 Å². The molecule has 2 aromatic rings. The highest BCUT2D eigenvalue weighted by Crippen LogP contribution is 2.32. The van der Waals surface area contributed by atoms with Gasteiger partial charge in [0.1, 0.15) is 11.0 Å². The minimum atomic E-state index is -4.43. The van der Waals surface area contributed by atoms with Crippen LogP contribution in [0.15, 0.2) is 24.3 Å². The van der Waals surface area contributed by atoms with Crippen molar-refractivity contribution >= 4 is 28.8 Å². The Hall–Kier alpha value is -1.27. The van der Waals surface area contributed by atoms with Gasteiger partial charge in [-0.3, -0.25) is 0 Å². The van der Waals surface area contributed by atoms with Crippen molar-refractivity contribution in [3.63, 3.8) is 0 Å². The van der Waals surface area contributed by atoms with Crippen molar-refractivity contribution in [1.29, 1.82) is 0 Å². The minimum Gasteiger partial charge on any atom is -0.367 e. The number of pyridine rings is 1. The Balaban J connectivity index is 2.10. The van der Waals surface area contributed by atoms with Crippen molar-refractivity contribution in [3.8, 4) is 0 Å². The van der Waals surface area contributed by atoms with Gasteiger partial charge in [0.05, 0.1) is 5.56 Å². The fourth-order valence-electron chi connectivity index (χ4n) is 1.93. The van der Waals surface area contributed by atoms with Gasteiger partial charge >= 0.3 is 6.18 Å². The third kappa shape index (κ3) is 4.61. The molecule has 21 heavy (non-hydrogen) atoms. The number of aromatic nitrogens is 1. The Morgan fingerprint density at radius 3 is 2.62 bits per heavy atom. The molecular formula is C14H14ClF3N2S. The second kappa shape index (κ2) is 6.23. The van der Waals surface area contributed by atoms with E-state index in [-0.39, 0.29) is 17.0 Å². The number of hydrogen-bond acceptors (Lipinski definition) is 3. The van der Waals surface area contributed by atoms with Crippen LogP contribution < -0.4 is 5.32 Å². The Bertz CT molecular complexity index is 625. The lowest BCUT2D eigenvalue weighted by molar-refractivity contribution is -0.137. The number of rotatable bonds is 4. The first-order valence-corrected chi connectivity index (χ1v) is 7.50. The van der Waals surface area contributed by atoms with Gasteiger partial charge in [-0.15, -0.1) is 11.3 Å². The summed E-state index contributed by atoms with van der Waals surface area (Å²) in [4.78, 5) is 6.27. The molecule has 1 unspecified atom stereocenters. The molecule has 1 N–H and O–H groups in total. The van der Waals surface area contributed by atoms with Crippen molar-refractivity contribution in [2.45, 2.75) is 32.5 Å². The van der Waals surface area contributed by atoms with E-state index in [9.17, 15) is 13.2 Å². The van der Waals surface area contributed by atoms with Crippen LogP contribution in [0.2, 0.25) is 5.15 Å². The fraction of sp³-hybridized carbons (Fsp3) is 0.357. The number of aryl methyl sites for hydroxylation is 1. The molecule has 2 heterocycles. The Morgan fingerprint density at radius 2 is 2.05 bits per heavy atom. The average molecular weight is 335 g/mol. The summed E-state index contributed by atoms with van der Waals surface area (Å²) < 4.78 is 38.2. The van der Waals surface area contributed by atoms with Crippen LogP contribution in [-0.2, 0) is 12.6 Å². The zero-order valence-corrected chi connectivity index (χ0v) is 13.0. The zero-order valence-electron chi connectivity index (χ0n) is 11.5. The van der Waals surface area contributed by atoms with Crippen LogP contribution in [0.4, 0.5) is 19.0 Å². The van der Waals surface area contributed by atoms with Crippen LogP contribution in [0.25, 0.3) is 0 Å². The summed E-state index contributed by atoms with van der Waals surface area (Å²) in [5.74, 6) is 0.135. The standard InChI is InChI=1S/C14H14ClF3N2S/c1-8(5-11-4-3-9(2)21-11)19-13-7-10(14(16,17)18)6-12(15)20-13/h3-4,6-8H,5H2,1-2H3,(H,19,20). The van der Waals surface area contributed by atoms with Gasteiger partial charge in [0.25, 0.3) is 0 Å². The molecule has 0 bridgehead atoms. The first-order chi connectivity index (χ1) is 9.74. The van der Waals surface area contributed by atoms with Crippen molar-refractivity contribution < 1.29 is 13.2 Å². The third-order valence-corrected chi connectivity index (χ3v) is 4.04. The second-order valence-corrected chi connectivity index (χ2v) is 6.58. The SMILES string of the molecule is Cc1ccc(CC(C)Nc2cc(C(F)(F)F)cc(Cl)n2)s1. The first-order valence-electron chi connectivity index (χ1n) is 6.30. The summed E-state index contributed by atoms with van der Waals surface area (Å²) in [6.07, 6.45) is -3.72. The normalized spacial score (nSPS) is 13.2. The van der Waals surface area contributed by atoms with Crippen LogP contribution in [0, 0.1) is 6.92 Å². The van der Waals surface area contributed by atoms with Crippen molar-refractivity contribution in [1.82, 2.24) is 4.98 Å². The van der Waals surface area contributed by atoms with E-state index in [0.29, 0.717) is 6.42 Å². The molecule has 2 rings (SSSR count). The molecule has 0 aliphatic rings. The summed E-state index contributed by atoms with van der Waals surface area (Å²) in [6.45, 7) is 3.91. The Labute approximate surface area is 130 Å². The summed E-state index contributed by atoms with van der Waals surface area (Å²) in [5.41, 5.74) is -0.802. The summed E-state index contributed by atoms with van der Waals surface area (Å²) in [5, 5.41) is 2.79. The highest BCUT2D eigenvalue weighted by atomic mass is 35.5. The zero-order chi connectivity index (χ0) is 15.6. The predicted molar refractivity (Wildman–Crippen MR) is 80.1 cm³/mol. The molecule has 0 aliphatic carbocycles. The summed E-state index contributed by atoms with van der Waals surface area (Å²) in [7, 11) is 0. The predicted octanol–water partition coefficient (Wildman–Crippen LogP) is 5.17. The smallest absolute Gasteiger partial charge is 0.367 e. The van der Waals surface area contributed by atoms with Crippen molar-refractivity contribution in [2.24, 2.45) is 0 Å². The average Bonchev–Trinajstić information content (AvgIpc) is 2.72. The molecule has 0 amide bonds. The number of alkyl halides is 3. The molecule has 114 valence electrons. The Kier molecular flexibility index (Phi) is 4.78. The highest BCUT2D eigenvalue weighted by Gasteiger charge is 2.31. The van der Waals surface area contributed by atoms with Crippen LogP contribution >= 0.6 is 22.9 Å². The van der Waals surface area contributed by atoms with Crippen LogP contribution in [0.5, 0.6) is 0 Å². The Morgan fingerprint density at radius 1 is 1.33 bits per heavy atom. The highest BCUT2D eigenvalue weighted by molar-refractivity contribution is 7.11.